The fourth-order valence-electron chi connectivity index (χ4n) is 3.24. The Labute approximate surface area is 96.2 Å². The van der Waals surface area contributed by atoms with Crippen LogP contribution in [0.25, 0.3) is 0 Å². The van der Waals surface area contributed by atoms with E-state index in [9.17, 15) is 4.79 Å². The summed E-state index contributed by atoms with van der Waals surface area (Å²) in [5, 5.41) is 8.93. The predicted octanol–water partition coefficient (Wildman–Crippen LogP) is 1.17. The zero-order valence-electron chi connectivity index (χ0n) is 9.90. The maximum atomic E-state index is 11.9. The van der Waals surface area contributed by atoms with Gasteiger partial charge in [0.25, 0.3) is 0 Å². The lowest BCUT2D eigenvalue weighted by Crippen LogP contribution is -2.38. The minimum atomic E-state index is -0.320. The van der Waals surface area contributed by atoms with Crippen LogP contribution in [-0.2, 0) is 9.53 Å². The predicted molar refractivity (Wildman–Crippen MR) is 58.4 cm³/mol. The molecule has 0 spiro atoms. The Hall–Kier alpha value is -1.08. The number of esters is 1. The van der Waals surface area contributed by atoms with Crippen molar-refractivity contribution in [2.75, 3.05) is 20.2 Å². The average Bonchev–Trinajstić information content (AvgIpc) is 2.83. The smallest absolute Gasteiger partial charge is 0.313 e. The molecule has 0 aromatic rings. The van der Waals surface area contributed by atoms with Crippen LogP contribution in [0.4, 0.5) is 0 Å². The Morgan fingerprint density at radius 1 is 1.69 bits per heavy atom. The van der Waals surface area contributed by atoms with Gasteiger partial charge in [-0.05, 0) is 25.7 Å². The number of methoxy groups -OCH3 is 1. The Morgan fingerprint density at radius 3 is 3.06 bits per heavy atom. The highest BCUT2D eigenvalue weighted by Crippen LogP contribution is 2.49. The summed E-state index contributed by atoms with van der Waals surface area (Å²) < 4.78 is 4.95. The quantitative estimate of drug-likeness (QED) is 0.658. The molecular formula is C12H18N2O2. The van der Waals surface area contributed by atoms with Crippen molar-refractivity contribution in [3.63, 3.8) is 0 Å². The average molecular weight is 222 g/mol. The van der Waals surface area contributed by atoms with Crippen molar-refractivity contribution in [3.05, 3.63) is 0 Å². The highest BCUT2D eigenvalue weighted by atomic mass is 16.5. The van der Waals surface area contributed by atoms with Crippen LogP contribution in [0.3, 0.4) is 0 Å². The SMILES string of the molecule is COC(=O)[C@]12CCC[C@@H]1CN([C@H](C)C#N)C2. The number of fused-ring (bicyclic) bond motifs is 1. The molecular weight excluding hydrogens is 204 g/mol. The molecule has 0 aromatic carbocycles. The molecule has 0 radical (unpaired) electrons. The van der Waals surface area contributed by atoms with Crippen LogP contribution in [0, 0.1) is 22.7 Å². The van der Waals surface area contributed by atoms with Crippen LogP contribution in [0.1, 0.15) is 26.2 Å². The lowest BCUT2D eigenvalue weighted by Gasteiger charge is -2.26. The van der Waals surface area contributed by atoms with Gasteiger partial charge >= 0.3 is 5.97 Å². The number of likely N-dealkylation sites (tertiary alicyclic amines) is 1. The van der Waals surface area contributed by atoms with Gasteiger partial charge in [0.15, 0.2) is 0 Å². The Bertz CT molecular complexity index is 336. The van der Waals surface area contributed by atoms with E-state index in [-0.39, 0.29) is 17.4 Å². The second-order valence-electron chi connectivity index (χ2n) is 4.97. The van der Waals surface area contributed by atoms with Crippen LogP contribution < -0.4 is 0 Å². The monoisotopic (exact) mass is 222 g/mol. The molecule has 2 aliphatic rings. The fourth-order valence-corrected chi connectivity index (χ4v) is 3.24. The van der Waals surface area contributed by atoms with Crippen molar-refractivity contribution >= 4 is 5.97 Å². The van der Waals surface area contributed by atoms with Crippen molar-refractivity contribution < 1.29 is 9.53 Å². The largest absolute Gasteiger partial charge is 0.469 e. The van der Waals surface area contributed by atoms with E-state index in [0.29, 0.717) is 12.5 Å². The molecule has 1 heterocycles. The van der Waals surface area contributed by atoms with Crippen LogP contribution >= 0.6 is 0 Å². The molecule has 88 valence electrons. The van der Waals surface area contributed by atoms with Crippen LogP contribution in [0.15, 0.2) is 0 Å². The first-order valence-electron chi connectivity index (χ1n) is 5.86. The minimum Gasteiger partial charge on any atom is -0.469 e. The van der Waals surface area contributed by atoms with Crippen molar-refractivity contribution in [2.24, 2.45) is 11.3 Å². The number of carbonyl (C=O) groups excluding carboxylic acids is 1. The summed E-state index contributed by atoms with van der Waals surface area (Å²) in [7, 11) is 1.46. The van der Waals surface area contributed by atoms with E-state index in [1.165, 1.54) is 7.11 Å². The van der Waals surface area contributed by atoms with Gasteiger partial charge in [-0.25, -0.2) is 0 Å². The zero-order valence-corrected chi connectivity index (χ0v) is 9.90. The number of nitrogens with zero attached hydrogens (tertiary/aromatic N) is 2. The zero-order chi connectivity index (χ0) is 11.8. The second-order valence-corrected chi connectivity index (χ2v) is 4.97. The Morgan fingerprint density at radius 2 is 2.44 bits per heavy atom. The maximum Gasteiger partial charge on any atom is 0.313 e. The molecule has 0 amide bonds. The Balaban J connectivity index is 2.19. The van der Waals surface area contributed by atoms with E-state index in [1.54, 1.807) is 0 Å². The molecule has 1 saturated heterocycles. The first-order chi connectivity index (χ1) is 7.64. The van der Waals surface area contributed by atoms with Gasteiger partial charge in [-0.1, -0.05) is 6.42 Å². The van der Waals surface area contributed by atoms with Crippen LogP contribution in [-0.4, -0.2) is 37.1 Å². The van der Waals surface area contributed by atoms with Crippen LogP contribution in [0.5, 0.6) is 0 Å². The number of hydrogen-bond acceptors (Lipinski definition) is 4. The lowest BCUT2D eigenvalue weighted by atomic mass is 9.81. The molecule has 0 aromatic heterocycles. The fraction of sp³-hybridized carbons (Fsp3) is 0.833. The highest BCUT2D eigenvalue weighted by Gasteiger charge is 2.55. The van der Waals surface area contributed by atoms with Gasteiger partial charge in [-0.15, -0.1) is 0 Å². The summed E-state index contributed by atoms with van der Waals surface area (Å²) in [5.74, 6) is 0.304. The second kappa shape index (κ2) is 4.06. The number of rotatable bonds is 2. The molecule has 3 atom stereocenters. The molecule has 16 heavy (non-hydrogen) atoms. The first-order valence-corrected chi connectivity index (χ1v) is 5.86. The van der Waals surface area contributed by atoms with Gasteiger partial charge in [-0.2, -0.15) is 5.26 Å². The van der Waals surface area contributed by atoms with E-state index >= 15 is 0 Å². The van der Waals surface area contributed by atoms with E-state index in [4.69, 9.17) is 10.00 Å². The van der Waals surface area contributed by atoms with Crippen molar-refractivity contribution in [1.82, 2.24) is 4.90 Å². The third-order valence-corrected chi connectivity index (χ3v) is 4.22. The normalized spacial score (nSPS) is 35.4. The number of hydrogen-bond donors (Lipinski definition) is 0. The standard InChI is InChI=1S/C12H18N2O2/c1-9(6-13)14-7-10-4-3-5-12(10,8-14)11(15)16-2/h9-10H,3-5,7-8H2,1-2H3/t9-,10-,12+/m1/s1. The lowest BCUT2D eigenvalue weighted by molar-refractivity contribution is -0.153. The summed E-state index contributed by atoms with van der Waals surface area (Å²) >= 11 is 0. The van der Waals surface area contributed by atoms with E-state index in [2.05, 4.69) is 11.0 Å². The third-order valence-electron chi connectivity index (χ3n) is 4.22. The molecule has 1 saturated carbocycles. The Kier molecular flexibility index (Phi) is 2.90. The third kappa shape index (κ3) is 1.51. The first kappa shape index (κ1) is 11.4. The number of nitriles is 1. The molecule has 4 nitrogen and oxygen atoms in total. The van der Waals surface area contributed by atoms with E-state index in [0.717, 1.165) is 25.8 Å². The molecule has 2 rings (SSSR count). The van der Waals surface area contributed by atoms with E-state index < -0.39 is 0 Å². The molecule has 2 fully saturated rings. The van der Waals surface area contributed by atoms with Gasteiger partial charge in [0.05, 0.1) is 24.6 Å². The molecule has 0 unspecified atom stereocenters. The summed E-state index contributed by atoms with van der Waals surface area (Å²) in [6, 6.07) is 2.14. The van der Waals surface area contributed by atoms with Gasteiger partial charge in [0.1, 0.15) is 0 Å². The molecule has 4 heteroatoms. The molecule has 1 aliphatic carbocycles. The topological polar surface area (TPSA) is 53.3 Å². The number of carbonyl (C=O) groups is 1. The van der Waals surface area contributed by atoms with Crippen molar-refractivity contribution in [1.29, 1.82) is 5.26 Å². The van der Waals surface area contributed by atoms with Crippen molar-refractivity contribution in [2.45, 2.75) is 32.2 Å². The summed E-state index contributed by atoms with van der Waals surface area (Å²) in [5.41, 5.74) is -0.320. The summed E-state index contributed by atoms with van der Waals surface area (Å²) in [6.45, 7) is 3.45. The van der Waals surface area contributed by atoms with Gasteiger partial charge < -0.3 is 4.74 Å². The molecule has 0 bridgehead atoms. The van der Waals surface area contributed by atoms with Gasteiger partial charge in [0.2, 0.25) is 0 Å². The molecule has 1 aliphatic heterocycles. The van der Waals surface area contributed by atoms with Crippen molar-refractivity contribution in [3.8, 4) is 6.07 Å². The van der Waals surface area contributed by atoms with E-state index in [1.807, 2.05) is 6.92 Å². The minimum absolute atomic E-state index is 0.0809. The van der Waals surface area contributed by atoms with Gasteiger partial charge in [-0.3, -0.25) is 9.69 Å². The maximum absolute atomic E-state index is 11.9. The van der Waals surface area contributed by atoms with Crippen LogP contribution in [0.2, 0.25) is 0 Å². The summed E-state index contributed by atoms with van der Waals surface area (Å²) in [6.07, 6.45) is 3.11. The molecule has 0 N–H and O–H groups in total. The number of ether oxygens (including phenoxy) is 1. The highest BCUT2D eigenvalue weighted by molar-refractivity contribution is 5.78. The van der Waals surface area contributed by atoms with Gasteiger partial charge in [0, 0.05) is 13.1 Å². The summed E-state index contributed by atoms with van der Waals surface area (Å²) in [4.78, 5) is 14.1.